The second-order valence-electron chi connectivity index (χ2n) is 14.6. The summed E-state index contributed by atoms with van der Waals surface area (Å²) in [5, 5.41) is 8.10. The van der Waals surface area contributed by atoms with E-state index in [2.05, 4.69) is 10.5 Å². The minimum Gasteiger partial charge on any atom is -0.496 e. The van der Waals surface area contributed by atoms with Crippen LogP contribution in [-0.2, 0) is 22.5 Å². The van der Waals surface area contributed by atoms with Crippen molar-refractivity contribution < 1.29 is 42.9 Å². The molecule has 1 aliphatic heterocycles. The van der Waals surface area contributed by atoms with Gasteiger partial charge >= 0.3 is 12.0 Å². The number of hydrogen-bond acceptors (Lipinski definition) is 10. The largest absolute Gasteiger partial charge is 0.496 e. The van der Waals surface area contributed by atoms with Crippen molar-refractivity contribution in [3.8, 4) is 28.7 Å². The Labute approximate surface area is 344 Å². The Bertz CT molecular complexity index is 2060. The quantitative estimate of drug-likeness (QED) is 0.0983. The maximum absolute atomic E-state index is 14.8. The summed E-state index contributed by atoms with van der Waals surface area (Å²) in [5.74, 6) is 1.11. The molecule has 4 aromatic carbocycles. The number of carbonyl (C=O) groups excluding carboxylic acids is 3. The average molecular weight is 815 g/mol. The van der Waals surface area contributed by atoms with E-state index in [0.29, 0.717) is 62.7 Å². The molecule has 58 heavy (non-hydrogen) atoms. The highest BCUT2D eigenvalue weighted by Gasteiger charge is 2.39. The van der Waals surface area contributed by atoms with E-state index < -0.39 is 35.5 Å². The third kappa shape index (κ3) is 10.9. The zero-order valence-electron chi connectivity index (χ0n) is 34.2. The Morgan fingerprint density at radius 1 is 0.862 bits per heavy atom. The van der Waals surface area contributed by atoms with E-state index in [9.17, 15) is 14.4 Å². The first-order valence-corrected chi connectivity index (χ1v) is 19.3. The van der Waals surface area contributed by atoms with Crippen molar-refractivity contribution in [1.29, 1.82) is 0 Å². The van der Waals surface area contributed by atoms with Crippen molar-refractivity contribution in [2.75, 3.05) is 41.5 Å². The second-order valence-corrected chi connectivity index (χ2v) is 15.1. The van der Waals surface area contributed by atoms with Gasteiger partial charge in [0.1, 0.15) is 28.6 Å². The molecule has 0 saturated carbocycles. The Hall–Kier alpha value is -5.95. The van der Waals surface area contributed by atoms with Crippen LogP contribution in [0, 0.1) is 5.92 Å². The van der Waals surface area contributed by atoms with Crippen LogP contribution in [0.2, 0.25) is 5.02 Å². The minimum atomic E-state index is -0.800. The molecule has 0 aromatic heterocycles. The molecule has 1 fully saturated rings. The molecular formula is C44H51ClN4O9. The summed E-state index contributed by atoms with van der Waals surface area (Å²) in [6.45, 7) is 7.35. The van der Waals surface area contributed by atoms with E-state index in [-0.39, 0.29) is 26.1 Å². The van der Waals surface area contributed by atoms with Crippen molar-refractivity contribution in [3.63, 3.8) is 0 Å². The van der Waals surface area contributed by atoms with Crippen LogP contribution in [0.15, 0.2) is 90.1 Å². The van der Waals surface area contributed by atoms with Gasteiger partial charge in [0.15, 0.2) is 11.6 Å². The molecule has 4 aromatic rings. The first-order valence-electron chi connectivity index (χ1n) is 18.9. The van der Waals surface area contributed by atoms with Gasteiger partial charge in [0.25, 0.3) is 0 Å². The van der Waals surface area contributed by atoms with E-state index in [4.69, 9.17) is 40.1 Å². The van der Waals surface area contributed by atoms with E-state index in [0.717, 1.165) is 10.5 Å². The van der Waals surface area contributed by atoms with Crippen molar-refractivity contribution in [1.82, 2.24) is 15.1 Å². The molecule has 0 bridgehead atoms. The van der Waals surface area contributed by atoms with Crippen LogP contribution in [0.3, 0.4) is 0 Å². The van der Waals surface area contributed by atoms with Gasteiger partial charge in [-0.1, -0.05) is 54.0 Å². The van der Waals surface area contributed by atoms with Gasteiger partial charge < -0.3 is 38.7 Å². The maximum Gasteiger partial charge on any atom is 0.338 e. The molecule has 0 spiro atoms. The number of amidine groups is 1. The first-order chi connectivity index (χ1) is 27.8. The number of carbonyl (C=O) groups is 3. The summed E-state index contributed by atoms with van der Waals surface area (Å²) >= 11 is 6.45. The van der Waals surface area contributed by atoms with Gasteiger partial charge in [-0.3, -0.25) is 9.69 Å². The average Bonchev–Trinajstić information content (AvgIpc) is 3.34. The second kappa shape index (κ2) is 19.5. The summed E-state index contributed by atoms with van der Waals surface area (Å²) in [6, 6.07) is 23.4. The summed E-state index contributed by atoms with van der Waals surface area (Å²) in [4.78, 5) is 51.0. The van der Waals surface area contributed by atoms with E-state index >= 15 is 0 Å². The zero-order valence-corrected chi connectivity index (χ0v) is 34.9. The number of oxime groups is 1. The monoisotopic (exact) mass is 814 g/mol. The molecule has 308 valence electrons. The summed E-state index contributed by atoms with van der Waals surface area (Å²) in [7, 11) is 6.20. The van der Waals surface area contributed by atoms with Gasteiger partial charge in [0.05, 0.1) is 64.6 Å². The minimum absolute atomic E-state index is 0.108. The molecule has 1 saturated heterocycles. The van der Waals surface area contributed by atoms with Gasteiger partial charge in [-0.15, -0.1) is 0 Å². The van der Waals surface area contributed by atoms with Crippen molar-refractivity contribution >= 4 is 35.3 Å². The highest BCUT2D eigenvalue weighted by molar-refractivity contribution is 6.30. The maximum atomic E-state index is 14.8. The Morgan fingerprint density at radius 3 is 2.10 bits per heavy atom. The molecule has 0 radical (unpaired) electrons. The standard InChI is InChI=1S/C44H51ClN4O9/c1-9-36(28-15-17-29(18-16-28)42(51)57-44(2,3)4)46-43(52)49-27-40(47-58-33-13-11-10-12-14-33)48(26-35-38(55-7)23-34(53-5)24-39(35)56-8)25-31(41(49)50)21-30-22-32(45)19-20-37(30)54-6/h10-20,22-24,31,36H,9,21,25-27H2,1-8H3,(H,46,52)/b47-40+/t31-,36-/m1/s1. The van der Waals surface area contributed by atoms with Crippen LogP contribution >= 0.6 is 11.6 Å². The molecule has 1 N–H and O–H groups in total. The number of amides is 3. The summed E-state index contributed by atoms with van der Waals surface area (Å²) in [5.41, 5.74) is 1.81. The lowest BCUT2D eigenvalue weighted by atomic mass is 9.96. The summed E-state index contributed by atoms with van der Waals surface area (Å²) < 4.78 is 28.3. The van der Waals surface area contributed by atoms with Crippen LogP contribution in [0.1, 0.15) is 67.2 Å². The number of hydrogen-bond donors (Lipinski definition) is 1. The fourth-order valence-electron chi connectivity index (χ4n) is 6.58. The fourth-order valence-corrected chi connectivity index (χ4v) is 6.77. The number of para-hydroxylation sites is 1. The SMILES string of the molecule is CC[C@@H](NC(=O)N1C/C(=N\Oc2ccccc2)N(Cc2c(OC)cc(OC)cc2OC)C[C@@H](Cc2cc(Cl)ccc2OC)C1=O)c1ccc(C(=O)OC(C)(C)C)cc1. The number of esters is 1. The van der Waals surface area contributed by atoms with E-state index in [1.807, 2.05) is 30.0 Å². The van der Waals surface area contributed by atoms with Crippen LogP contribution in [0.5, 0.6) is 28.7 Å². The molecule has 1 aliphatic rings. The lowest BCUT2D eigenvalue weighted by molar-refractivity contribution is -0.131. The van der Waals surface area contributed by atoms with Gasteiger partial charge in [0, 0.05) is 23.7 Å². The zero-order chi connectivity index (χ0) is 42.0. The van der Waals surface area contributed by atoms with Crippen molar-refractivity contribution in [2.24, 2.45) is 11.1 Å². The van der Waals surface area contributed by atoms with Gasteiger partial charge in [0.2, 0.25) is 5.91 Å². The van der Waals surface area contributed by atoms with Crippen LogP contribution < -0.4 is 29.1 Å². The van der Waals surface area contributed by atoms with Crippen molar-refractivity contribution in [3.05, 3.63) is 112 Å². The molecule has 3 amide bonds. The topological polar surface area (TPSA) is 137 Å². The Morgan fingerprint density at radius 2 is 1.52 bits per heavy atom. The summed E-state index contributed by atoms with van der Waals surface area (Å²) in [6.07, 6.45) is 0.666. The highest BCUT2D eigenvalue weighted by Crippen LogP contribution is 2.36. The number of nitrogens with one attached hydrogen (secondary N) is 1. The molecule has 0 unspecified atom stereocenters. The third-order valence-corrected chi connectivity index (χ3v) is 9.73. The smallest absolute Gasteiger partial charge is 0.338 e. The van der Waals surface area contributed by atoms with Gasteiger partial charge in [-0.05, 0) is 87.2 Å². The third-order valence-electron chi connectivity index (χ3n) is 9.49. The number of nitrogens with zero attached hydrogens (tertiary/aromatic N) is 3. The molecule has 2 atom stereocenters. The molecule has 14 heteroatoms. The van der Waals surface area contributed by atoms with Crippen LogP contribution in [-0.4, -0.2) is 80.7 Å². The number of imide groups is 1. The lowest BCUT2D eigenvalue weighted by Gasteiger charge is -2.27. The van der Waals surface area contributed by atoms with E-state index in [1.54, 1.807) is 116 Å². The molecule has 13 nitrogen and oxygen atoms in total. The Balaban J connectivity index is 1.56. The fraction of sp³-hybridized carbons (Fsp3) is 0.364. The Kier molecular flexibility index (Phi) is 14.5. The van der Waals surface area contributed by atoms with Crippen molar-refractivity contribution in [2.45, 2.75) is 58.7 Å². The predicted octanol–water partition coefficient (Wildman–Crippen LogP) is 8.09. The van der Waals surface area contributed by atoms with Crippen LogP contribution in [0.25, 0.3) is 0 Å². The highest BCUT2D eigenvalue weighted by atomic mass is 35.5. The number of rotatable bonds is 14. The number of benzene rings is 4. The number of halogens is 1. The van der Waals surface area contributed by atoms with Gasteiger partial charge in [-0.25, -0.2) is 9.59 Å². The predicted molar refractivity (Wildman–Crippen MR) is 221 cm³/mol. The molecular weight excluding hydrogens is 764 g/mol. The number of urea groups is 1. The first kappa shape index (κ1) is 43.2. The number of methoxy groups -OCH3 is 4. The molecule has 5 rings (SSSR count). The van der Waals surface area contributed by atoms with Crippen LogP contribution in [0.4, 0.5) is 4.79 Å². The lowest BCUT2D eigenvalue weighted by Crippen LogP contribution is -2.48. The van der Waals surface area contributed by atoms with E-state index in [1.165, 1.54) is 0 Å². The number of ether oxygens (including phenoxy) is 5. The molecule has 0 aliphatic carbocycles. The molecule has 1 heterocycles. The normalized spacial score (nSPS) is 15.6. The van der Waals surface area contributed by atoms with Gasteiger partial charge in [-0.2, -0.15) is 0 Å².